The molecule has 2 N–H and O–H groups in total. The number of nitrogens with one attached hydrogen (secondary N) is 2. The highest BCUT2D eigenvalue weighted by Gasteiger charge is 1.90. The van der Waals surface area contributed by atoms with Gasteiger partial charge >= 0.3 is 0 Å². The molecule has 0 radical (unpaired) electrons. The maximum Gasteiger partial charge on any atom is 0.155 e. The molecule has 0 aromatic carbocycles. The Labute approximate surface area is 95.4 Å². The summed E-state index contributed by atoms with van der Waals surface area (Å²) >= 11 is 3.05. The quantitative estimate of drug-likeness (QED) is 0.493. The molecule has 0 spiro atoms. The zero-order chi connectivity index (χ0) is 11.6. The third-order valence-electron chi connectivity index (χ3n) is 1.21. The summed E-state index contributed by atoms with van der Waals surface area (Å²) in [6.45, 7) is 0. The fourth-order valence-corrected chi connectivity index (χ4v) is 1.24. The maximum absolute atomic E-state index is 7.08. The van der Waals surface area contributed by atoms with Gasteiger partial charge in [-0.1, -0.05) is 23.5 Å². The van der Waals surface area contributed by atoms with Crippen LogP contribution in [0.25, 0.3) is 0 Å². The molecule has 0 saturated heterocycles. The van der Waals surface area contributed by atoms with Gasteiger partial charge in [0, 0.05) is 28.2 Å². The fourth-order valence-electron chi connectivity index (χ4n) is 0.488. The average molecular weight is 236 g/mol. The third kappa shape index (κ3) is 9.73. The zero-order valence-corrected chi connectivity index (χ0v) is 11.3. The predicted molar refractivity (Wildman–Crippen MR) is 70.9 cm³/mol. The summed E-state index contributed by atoms with van der Waals surface area (Å²) in [6.07, 6.45) is 3.88. The van der Waals surface area contributed by atoms with E-state index in [-0.39, 0.29) is 0 Å². The SMILES string of the molecule is CN=C(NC)SC.CSC(=N)N(C)C. The van der Waals surface area contributed by atoms with Crippen LogP contribution in [0.15, 0.2) is 4.99 Å². The topological polar surface area (TPSA) is 51.5 Å². The first kappa shape index (κ1) is 16.1. The first-order valence-electron chi connectivity index (χ1n) is 4.01. The summed E-state index contributed by atoms with van der Waals surface area (Å²) in [7, 11) is 7.35. The minimum Gasteiger partial charge on any atom is -0.368 e. The normalized spacial score (nSPS) is 10.0. The highest BCUT2D eigenvalue weighted by atomic mass is 32.2. The van der Waals surface area contributed by atoms with Gasteiger partial charge in [0.25, 0.3) is 0 Å². The summed E-state index contributed by atoms with van der Waals surface area (Å²) in [5.74, 6) is 0. The number of thioether (sulfide) groups is 2. The summed E-state index contributed by atoms with van der Waals surface area (Å²) < 4.78 is 0. The van der Waals surface area contributed by atoms with E-state index in [1.54, 1.807) is 23.7 Å². The smallest absolute Gasteiger partial charge is 0.155 e. The molecule has 0 atom stereocenters. The van der Waals surface area contributed by atoms with Gasteiger partial charge < -0.3 is 10.2 Å². The van der Waals surface area contributed by atoms with Crippen molar-refractivity contribution in [1.29, 1.82) is 5.41 Å². The lowest BCUT2D eigenvalue weighted by Crippen LogP contribution is -2.16. The van der Waals surface area contributed by atoms with E-state index in [9.17, 15) is 0 Å². The Kier molecular flexibility index (Phi) is 12.3. The van der Waals surface area contributed by atoms with Gasteiger partial charge in [-0.3, -0.25) is 10.4 Å². The highest BCUT2D eigenvalue weighted by Crippen LogP contribution is 1.95. The molecule has 0 aromatic rings. The third-order valence-corrected chi connectivity index (χ3v) is 2.74. The number of nitrogens with zero attached hydrogens (tertiary/aromatic N) is 2. The molecule has 0 bridgehead atoms. The Balaban J connectivity index is 0. The number of amidine groups is 2. The molecule has 6 heteroatoms. The van der Waals surface area contributed by atoms with Gasteiger partial charge in [-0.05, 0) is 12.5 Å². The van der Waals surface area contributed by atoms with Gasteiger partial charge in [0.05, 0.1) is 0 Å². The van der Waals surface area contributed by atoms with Gasteiger partial charge in [0.2, 0.25) is 0 Å². The molecule has 0 fully saturated rings. The van der Waals surface area contributed by atoms with Crippen LogP contribution in [-0.2, 0) is 0 Å². The second kappa shape index (κ2) is 10.7. The number of aliphatic imine (C=N–C) groups is 1. The van der Waals surface area contributed by atoms with Crippen molar-refractivity contribution < 1.29 is 0 Å². The molecule has 0 aromatic heterocycles. The molecule has 0 saturated carbocycles. The fraction of sp³-hybridized carbons (Fsp3) is 0.750. The van der Waals surface area contributed by atoms with Gasteiger partial charge in [-0.15, -0.1) is 0 Å². The molecule has 14 heavy (non-hydrogen) atoms. The van der Waals surface area contributed by atoms with Crippen molar-refractivity contribution in [3.63, 3.8) is 0 Å². The van der Waals surface area contributed by atoms with E-state index in [0.717, 1.165) is 5.17 Å². The van der Waals surface area contributed by atoms with Crippen molar-refractivity contribution in [1.82, 2.24) is 10.2 Å². The van der Waals surface area contributed by atoms with Crippen molar-refractivity contribution in [3.8, 4) is 0 Å². The van der Waals surface area contributed by atoms with E-state index in [0.29, 0.717) is 5.17 Å². The molecule has 0 unspecified atom stereocenters. The van der Waals surface area contributed by atoms with E-state index < -0.39 is 0 Å². The Morgan fingerprint density at radius 3 is 1.79 bits per heavy atom. The van der Waals surface area contributed by atoms with Crippen LogP contribution in [-0.4, -0.2) is 55.9 Å². The monoisotopic (exact) mass is 236 g/mol. The zero-order valence-electron chi connectivity index (χ0n) is 9.71. The van der Waals surface area contributed by atoms with Crippen LogP contribution in [0.5, 0.6) is 0 Å². The molecular weight excluding hydrogens is 216 g/mol. The largest absolute Gasteiger partial charge is 0.368 e. The lowest BCUT2D eigenvalue weighted by Gasteiger charge is -2.08. The Hall–Kier alpha value is -0.360. The van der Waals surface area contributed by atoms with Crippen molar-refractivity contribution in [3.05, 3.63) is 0 Å². The van der Waals surface area contributed by atoms with Crippen molar-refractivity contribution in [2.24, 2.45) is 4.99 Å². The van der Waals surface area contributed by atoms with Crippen LogP contribution in [0.2, 0.25) is 0 Å². The summed E-state index contributed by atoms with van der Waals surface area (Å²) in [4.78, 5) is 5.66. The van der Waals surface area contributed by atoms with Crippen LogP contribution in [0, 0.1) is 5.41 Å². The molecular formula is C8H20N4S2. The van der Waals surface area contributed by atoms with Crippen LogP contribution < -0.4 is 5.32 Å². The lowest BCUT2D eigenvalue weighted by molar-refractivity contribution is 0.632. The maximum atomic E-state index is 7.08. The van der Waals surface area contributed by atoms with Crippen molar-refractivity contribution >= 4 is 33.9 Å². The van der Waals surface area contributed by atoms with Crippen LogP contribution in [0.4, 0.5) is 0 Å². The van der Waals surface area contributed by atoms with Gasteiger partial charge in [0.15, 0.2) is 10.3 Å². The molecule has 0 aliphatic carbocycles. The summed E-state index contributed by atoms with van der Waals surface area (Å²) in [6, 6.07) is 0. The minimum absolute atomic E-state index is 0.597. The van der Waals surface area contributed by atoms with E-state index in [1.165, 1.54) is 11.8 Å². The molecule has 0 heterocycles. The van der Waals surface area contributed by atoms with Gasteiger partial charge in [0.1, 0.15) is 0 Å². The molecule has 0 rings (SSSR count). The lowest BCUT2D eigenvalue weighted by atomic mass is 10.9. The number of hydrogen-bond donors (Lipinski definition) is 2. The molecule has 4 nitrogen and oxygen atoms in total. The van der Waals surface area contributed by atoms with Gasteiger partial charge in [-0.25, -0.2) is 0 Å². The van der Waals surface area contributed by atoms with E-state index in [2.05, 4.69) is 10.3 Å². The Morgan fingerprint density at radius 2 is 1.79 bits per heavy atom. The van der Waals surface area contributed by atoms with Gasteiger partial charge in [-0.2, -0.15) is 0 Å². The molecule has 84 valence electrons. The molecule has 0 aliphatic rings. The van der Waals surface area contributed by atoms with E-state index in [1.807, 2.05) is 33.7 Å². The van der Waals surface area contributed by atoms with E-state index >= 15 is 0 Å². The standard InChI is InChI=1S/2C4H10N2S/c1-6(2)4(5)7-3;1-5-4(6-2)7-3/h5H,1-3H3;1-3H3,(H,5,6). The predicted octanol–water partition coefficient (Wildman–Crippen LogP) is 1.40. The minimum atomic E-state index is 0.597. The first-order valence-corrected chi connectivity index (χ1v) is 6.46. The van der Waals surface area contributed by atoms with Crippen LogP contribution in [0.3, 0.4) is 0 Å². The number of hydrogen-bond acceptors (Lipinski definition) is 4. The second-order valence-electron chi connectivity index (χ2n) is 2.39. The highest BCUT2D eigenvalue weighted by molar-refractivity contribution is 8.13. The Bertz CT molecular complexity index is 174. The first-order chi connectivity index (χ1) is 6.53. The van der Waals surface area contributed by atoms with E-state index in [4.69, 9.17) is 5.41 Å². The molecule has 0 amide bonds. The van der Waals surface area contributed by atoms with Crippen LogP contribution in [0.1, 0.15) is 0 Å². The Morgan fingerprint density at radius 1 is 1.29 bits per heavy atom. The number of rotatable bonds is 0. The van der Waals surface area contributed by atoms with Crippen molar-refractivity contribution in [2.75, 3.05) is 40.7 Å². The molecule has 0 aliphatic heterocycles. The summed E-state index contributed by atoms with van der Waals surface area (Å²) in [5, 5.41) is 11.6. The summed E-state index contributed by atoms with van der Waals surface area (Å²) in [5.41, 5.74) is 0. The van der Waals surface area contributed by atoms with Crippen LogP contribution >= 0.6 is 23.5 Å². The average Bonchev–Trinajstić information content (AvgIpc) is 2.20. The van der Waals surface area contributed by atoms with Crippen molar-refractivity contribution in [2.45, 2.75) is 0 Å². The second-order valence-corrected chi connectivity index (χ2v) is 3.98.